The van der Waals surface area contributed by atoms with Gasteiger partial charge >= 0.3 is 0 Å². The molecule has 1 N–H and O–H groups in total. The van der Waals surface area contributed by atoms with E-state index in [9.17, 15) is 4.79 Å². The van der Waals surface area contributed by atoms with E-state index in [4.69, 9.17) is 0 Å². The predicted octanol–water partition coefficient (Wildman–Crippen LogP) is 2.14. The minimum absolute atomic E-state index is 0.0527. The quantitative estimate of drug-likeness (QED) is 0.909. The number of hydrogen-bond acceptors (Lipinski definition) is 4. The molecule has 1 aromatic rings. The third-order valence-corrected chi connectivity index (χ3v) is 4.56. The second-order valence-electron chi connectivity index (χ2n) is 5.24. The van der Waals surface area contributed by atoms with Crippen LogP contribution in [0.5, 0.6) is 0 Å². The number of nitrogens with zero attached hydrogens (tertiary/aromatic N) is 2. The van der Waals surface area contributed by atoms with Crippen molar-refractivity contribution in [3.63, 3.8) is 0 Å². The normalized spacial score (nSPS) is 18.8. The van der Waals surface area contributed by atoms with Gasteiger partial charge in [0, 0.05) is 17.5 Å². The SMILES string of the molecule is CN(C)C1(CNC(=O)c2cscn2)CCCCC1. The Morgan fingerprint density at radius 1 is 1.44 bits per heavy atom. The number of thiazole rings is 1. The van der Waals surface area contributed by atoms with Crippen molar-refractivity contribution in [1.82, 2.24) is 15.2 Å². The van der Waals surface area contributed by atoms with Gasteiger partial charge in [-0.15, -0.1) is 11.3 Å². The van der Waals surface area contributed by atoms with Gasteiger partial charge in [-0.2, -0.15) is 0 Å². The molecule has 0 bridgehead atoms. The van der Waals surface area contributed by atoms with Gasteiger partial charge in [-0.1, -0.05) is 19.3 Å². The Bertz CT molecular complexity index is 383. The lowest BCUT2D eigenvalue weighted by Gasteiger charge is -2.43. The minimum atomic E-state index is -0.0527. The molecule has 0 atom stereocenters. The van der Waals surface area contributed by atoms with Crippen molar-refractivity contribution in [2.24, 2.45) is 0 Å². The molecular weight excluding hydrogens is 246 g/mol. The van der Waals surface area contributed by atoms with E-state index < -0.39 is 0 Å². The first-order valence-electron chi connectivity index (χ1n) is 6.48. The maximum absolute atomic E-state index is 11.9. The van der Waals surface area contributed by atoms with Gasteiger partial charge in [0.25, 0.3) is 5.91 Å². The zero-order chi connectivity index (χ0) is 13.0. The van der Waals surface area contributed by atoms with Crippen LogP contribution in [-0.2, 0) is 0 Å². The van der Waals surface area contributed by atoms with E-state index in [-0.39, 0.29) is 11.4 Å². The highest BCUT2D eigenvalue weighted by Crippen LogP contribution is 2.31. The molecule has 1 aromatic heterocycles. The number of aromatic nitrogens is 1. The second kappa shape index (κ2) is 5.80. The fourth-order valence-corrected chi connectivity index (χ4v) is 3.18. The average Bonchev–Trinajstić information content (AvgIpc) is 2.91. The van der Waals surface area contributed by atoms with E-state index in [1.165, 1.54) is 30.6 Å². The summed E-state index contributed by atoms with van der Waals surface area (Å²) in [6, 6.07) is 0. The van der Waals surface area contributed by atoms with Gasteiger partial charge in [0.2, 0.25) is 0 Å². The third kappa shape index (κ3) is 2.90. The molecule has 0 aromatic carbocycles. The topological polar surface area (TPSA) is 45.2 Å². The zero-order valence-corrected chi connectivity index (χ0v) is 11.9. The smallest absolute Gasteiger partial charge is 0.270 e. The van der Waals surface area contributed by atoms with E-state index in [0.29, 0.717) is 5.69 Å². The van der Waals surface area contributed by atoms with Gasteiger partial charge in [-0.3, -0.25) is 4.79 Å². The zero-order valence-electron chi connectivity index (χ0n) is 11.1. The number of hydrogen-bond donors (Lipinski definition) is 1. The van der Waals surface area contributed by atoms with Crippen molar-refractivity contribution >= 4 is 17.2 Å². The molecule has 1 aliphatic rings. The Morgan fingerprint density at radius 2 is 2.17 bits per heavy atom. The van der Waals surface area contributed by atoms with Crippen LogP contribution in [0.3, 0.4) is 0 Å². The minimum Gasteiger partial charge on any atom is -0.349 e. The first kappa shape index (κ1) is 13.5. The number of carbonyl (C=O) groups excluding carboxylic acids is 1. The summed E-state index contributed by atoms with van der Waals surface area (Å²) in [6.07, 6.45) is 6.15. The molecule has 0 spiro atoms. The van der Waals surface area contributed by atoms with Gasteiger partial charge in [0.05, 0.1) is 5.51 Å². The Morgan fingerprint density at radius 3 is 2.72 bits per heavy atom. The van der Waals surface area contributed by atoms with Crippen molar-refractivity contribution in [2.45, 2.75) is 37.6 Å². The molecule has 5 heteroatoms. The van der Waals surface area contributed by atoms with E-state index in [0.717, 1.165) is 19.4 Å². The molecule has 1 fully saturated rings. The molecule has 1 heterocycles. The molecule has 18 heavy (non-hydrogen) atoms. The summed E-state index contributed by atoms with van der Waals surface area (Å²) in [7, 11) is 4.22. The summed E-state index contributed by atoms with van der Waals surface area (Å²) in [6.45, 7) is 0.719. The summed E-state index contributed by atoms with van der Waals surface area (Å²) in [4.78, 5) is 18.2. The largest absolute Gasteiger partial charge is 0.349 e. The van der Waals surface area contributed by atoms with Crippen molar-refractivity contribution < 1.29 is 4.79 Å². The molecular formula is C13H21N3OS. The molecule has 1 aliphatic carbocycles. The number of nitrogens with one attached hydrogen (secondary N) is 1. The summed E-state index contributed by atoms with van der Waals surface area (Å²) in [5.74, 6) is -0.0527. The van der Waals surface area contributed by atoms with Gasteiger partial charge in [0.1, 0.15) is 5.69 Å². The number of likely N-dealkylation sites (N-methyl/N-ethyl adjacent to an activating group) is 1. The molecule has 0 unspecified atom stereocenters. The highest BCUT2D eigenvalue weighted by Gasteiger charge is 2.34. The lowest BCUT2D eigenvalue weighted by atomic mass is 9.80. The first-order valence-corrected chi connectivity index (χ1v) is 7.42. The summed E-state index contributed by atoms with van der Waals surface area (Å²) in [5, 5.41) is 4.83. The van der Waals surface area contributed by atoms with Crippen LogP contribution >= 0.6 is 11.3 Å². The highest BCUT2D eigenvalue weighted by atomic mass is 32.1. The Labute approximate surface area is 112 Å². The molecule has 1 saturated carbocycles. The van der Waals surface area contributed by atoms with Gasteiger partial charge in [-0.05, 0) is 26.9 Å². The van der Waals surface area contributed by atoms with Crippen molar-refractivity contribution in [3.05, 3.63) is 16.6 Å². The number of rotatable bonds is 4. The fourth-order valence-electron chi connectivity index (χ4n) is 2.65. The van der Waals surface area contributed by atoms with Crippen LogP contribution in [0.2, 0.25) is 0 Å². The van der Waals surface area contributed by atoms with Crippen molar-refractivity contribution in [3.8, 4) is 0 Å². The van der Waals surface area contributed by atoms with E-state index in [1.54, 1.807) is 10.9 Å². The molecule has 0 radical (unpaired) electrons. The van der Waals surface area contributed by atoms with Gasteiger partial charge in [-0.25, -0.2) is 4.98 Å². The van der Waals surface area contributed by atoms with Crippen molar-refractivity contribution in [2.75, 3.05) is 20.6 Å². The fraction of sp³-hybridized carbons (Fsp3) is 0.692. The Hall–Kier alpha value is -0.940. The number of amides is 1. The lowest BCUT2D eigenvalue weighted by Crippen LogP contribution is -2.53. The molecule has 0 aliphatic heterocycles. The van der Waals surface area contributed by atoms with Crippen LogP contribution < -0.4 is 5.32 Å². The maximum Gasteiger partial charge on any atom is 0.270 e. The van der Waals surface area contributed by atoms with Crippen LogP contribution in [0.1, 0.15) is 42.6 Å². The average molecular weight is 267 g/mol. The van der Waals surface area contributed by atoms with Crippen LogP contribution in [-0.4, -0.2) is 42.0 Å². The summed E-state index contributed by atoms with van der Waals surface area (Å²) in [5.41, 5.74) is 2.35. The monoisotopic (exact) mass is 267 g/mol. The van der Waals surface area contributed by atoms with Gasteiger partial charge in [0.15, 0.2) is 0 Å². The molecule has 4 nitrogen and oxygen atoms in total. The predicted molar refractivity (Wildman–Crippen MR) is 74.0 cm³/mol. The third-order valence-electron chi connectivity index (χ3n) is 3.98. The molecule has 1 amide bonds. The van der Waals surface area contributed by atoms with E-state index in [1.807, 2.05) is 0 Å². The summed E-state index contributed by atoms with van der Waals surface area (Å²) < 4.78 is 0. The van der Waals surface area contributed by atoms with Crippen LogP contribution in [0.15, 0.2) is 10.9 Å². The number of carbonyl (C=O) groups is 1. The molecule has 2 rings (SSSR count). The van der Waals surface area contributed by atoms with Gasteiger partial charge < -0.3 is 10.2 Å². The standard InChI is InChI=1S/C13H21N3OS/c1-16(2)13(6-4-3-5-7-13)9-14-12(17)11-8-18-10-15-11/h8,10H,3-7,9H2,1-2H3,(H,14,17). The lowest BCUT2D eigenvalue weighted by molar-refractivity contribution is 0.0796. The van der Waals surface area contributed by atoms with E-state index >= 15 is 0 Å². The molecule has 0 saturated heterocycles. The first-order chi connectivity index (χ1) is 8.64. The van der Waals surface area contributed by atoms with E-state index in [2.05, 4.69) is 29.3 Å². The second-order valence-corrected chi connectivity index (χ2v) is 5.95. The van der Waals surface area contributed by atoms with Crippen LogP contribution in [0, 0.1) is 0 Å². The summed E-state index contributed by atoms with van der Waals surface area (Å²) >= 11 is 1.45. The van der Waals surface area contributed by atoms with Crippen molar-refractivity contribution in [1.29, 1.82) is 0 Å². The van der Waals surface area contributed by atoms with Crippen LogP contribution in [0.25, 0.3) is 0 Å². The Kier molecular flexibility index (Phi) is 4.35. The molecule has 100 valence electrons. The van der Waals surface area contributed by atoms with Crippen LogP contribution in [0.4, 0.5) is 0 Å². The highest BCUT2D eigenvalue weighted by molar-refractivity contribution is 7.07. The Balaban J connectivity index is 1.96. The maximum atomic E-state index is 11.9.